The quantitative estimate of drug-likeness (QED) is 0.761. The molecule has 0 spiro atoms. The Balaban J connectivity index is 2.11. The van der Waals surface area contributed by atoms with Crippen LogP contribution in [0, 0.1) is 0 Å². The summed E-state index contributed by atoms with van der Waals surface area (Å²) in [5, 5.41) is 9.54. The Morgan fingerprint density at radius 1 is 1.33 bits per heavy atom. The summed E-state index contributed by atoms with van der Waals surface area (Å²) in [7, 11) is 0. The summed E-state index contributed by atoms with van der Waals surface area (Å²) in [5.41, 5.74) is 0. The van der Waals surface area contributed by atoms with Gasteiger partial charge in [0.2, 0.25) is 0 Å². The van der Waals surface area contributed by atoms with Gasteiger partial charge in [-0.15, -0.1) is 6.58 Å². The van der Waals surface area contributed by atoms with E-state index in [1.807, 2.05) is 6.07 Å². The summed E-state index contributed by atoms with van der Waals surface area (Å²) in [6, 6.07) is 7.11. The first kappa shape index (κ1) is 10.0. The van der Waals surface area contributed by atoms with E-state index in [1.54, 1.807) is 24.3 Å². The van der Waals surface area contributed by atoms with Gasteiger partial charge in [0.05, 0.1) is 6.61 Å². The van der Waals surface area contributed by atoms with E-state index in [0.29, 0.717) is 18.1 Å². The number of aliphatic hydroxyl groups is 1. The van der Waals surface area contributed by atoms with Crippen molar-refractivity contribution in [3.05, 3.63) is 36.9 Å². The van der Waals surface area contributed by atoms with Crippen LogP contribution in [0.2, 0.25) is 0 Å². The molecule has 2 atom stereocenters. The molecular formula is C11H12O4. The summed E-state index contributed by atoms with van der Waals surface area (Å²) in [6.45, 7) is 3.81. The molecule has 15 heavy (non-hydrogen) atoms. The Labute approximate surface area is 87.7 Å². The molecule has 1 aliphatic rings. The van der Waals surface area contributed by atoms with Crippen LogP contribution in [0.4, 0.5) is 0 Å². The summed E-state index contributed by atoms with van der Waals surface area (Å²) >= 11 is 0. The second-order valence-corrected chi connectivity index (χ2v) is 3.06. The largest absolute Gasteiger partial charge is 0.454 e. The number of ether oxygens (including phenoxy) is 3. The van der Waals surface area contributed by atoms with Crippen LogP contribution in [-0.4, -0.2) is 24.3 Å². The van der Waals surface area contributed by atoms with Crippen LogP contribution in [-0.2, 0) is 4.74 Å². The molecule has 2 rings (SSSR count). The van der Waals surface area contributed by atoms with E-state index >= 15 is 0 Å². The lowest BCUT2D eigenvalue weighted by molar-refractivity contribution is -0.218. The van der Waals surface area contributed by atoms with Crippen molar-refractivity contribution in [2.75, 3.05) is 6.61 Å². The van der Waals surface area contributed by atoms with E-state index in [9.17, 15) is 5.11 Å². The van der Waals surface area contributed by atoms with Crippen LogP contribution < -0.4 is 9.47 Å². The SMILES string of the molecule is C=CCOC1Oc2ccccc2OC1O. The minimum Gasteiger partial charge on any atom is -0.454 e. The monoisotopic (exact) mass is 208 g/mol. The van der Waals surface area contributed by atoms with E-state index in [-0.39, 0.29) is 0 Å². The number of para-hydroxylation sites is 2. The lowest BCUT2D eigenvalue weighted by Crippen LogP contribution is -2.41. The van der Waals surface area contributed by atoms with Crippen LogP contribution in [0.5, 0.6) is 11.5 Å². The zero-order valence-corrected chi connectivity index (χ0v) is 8.13. The first-order valence-corrected chi connectivity index (χ1v) is 4.64. The molecule has 0 bridgehead atoms. The molecule has 0 amide bonds. The third kappa shape index (κ3) is 2.11. The van der Waals surface area contributed by atoms with Crippen molar-refractivity contribution < 1.29 is 19.3 Å². The van der Waals surface area contributed by atoms with Crippen molar-refractivity contribution in [2.45, 2.75) is 12.6 Å². The van der Waals surface area contributed by atoms with E-state index in [1.165, 1.54) is 0 Å². The Bertz CT molecular complexity index is 350. The lowest BCUT2D eigenvalue weighted by atomic mass is 10.3. The van der Waals surface area contributed by atoms with Crippen molar-refractivity contribution in [3.8, 4) is 11.5 Å². The van der Waals surface area contributed by atoms with Crippen molar-refractivity contribution in [2.24, 2.45) is 0 Å². The lowest BCUT2D eigenvalue weighted by Gasteiger charge is -2.29. The molecule has 4 nitrogen and oxygen atoms in total. The van der Waals surface area contributed by atoms with Crippen molar-refractivity contribution in [1.29, 1.82) is 0 Å². The maximum Gasteiger partial charge on any atom is 0.263 e. The molecule has 0 fully saturated rings. The van der Waals surface area contributed by atoms with Gasteiger partial charge in [-0.05, 0) is 12.1 Å². The Kier molecular flexibility index (Phi) is 2.89. The van der Waals surface area contributed by atoms with Gasteiger partial charge >= 0.3 is 0 Å². The summed E-state index contributed by atoms with van der Waals surface area (Å²) < 4.78 is 15.8. The van der Waals surface area contributed by atoms with Crippen LogP contribution in [0.15, 0.2) is 36.9 Å². The number of fused-ring (bicyclic) bond motifs is 1. The summed E-state index contributed by atoms with van der Waals surface area (Å²) in [5.74, 6) is 1.08. The molecule has 1 aliphatic heterocycles. The van der Waals surface area contributed by atoms with Gasteiger partial charge in [-0.1, -0.05) is 18.2 Å². The maximum absolute atomic E-state index is 9.54. The first-order chi connectivity index (χ1) is 7.31. The normalized spacial score (nSPS) is 23.5. The van der Waals surface area contributed by atoms with Gasteiger partial charge in [0.1, 0.15) is 0 Å². The van der Waals surface area contributed by atoms with Gasteiger partial charge < -0.3 is 19.3 Å². The molecule has 0 aromatic heterocycles. The zero-order chi connectivity index (χ0) is 10.7. The van der Waals surface area contributed by atoms with Crippen molar-refractivity contribution in [1.82, 2.24) is 0 Å². The molecule has 4 heteroatoms. The molecule has 0 aliphatic carbocycles. The summed E-state index contributed by atoms with van der Waals surface area (Å²) in [6.07, 6.45) is -0.339. The van der Waals surface area contributed by atoms with E-state index in [0.717, 1.165) is 0 Å². The zero-order valence-electron chi connectivity index (χ0n) is 8.13. The Morgan fingerprint density at radius 3 is 2.67 bits per heavy atom. The van der Waals surface area contributed by atoms with Crippen LogP contribution in [0.25, 0.3) is 0 Å². The Hall–Kier alpha value is -1.52. The standard InChI is InChI=1S/C11H12O4/c1-2-7-13-11-10(12)14-8-5-3-4-6-9(8)15-11/h2-6,10-12H,1,7H2. The molecule has 0 saturated heterocycles. The molecule has 1 N–H and O–H groups in total. The van der Waals surface area contributed by atoms with Gasteiger partial charge in [-0.25, -0.2) is 0 Å². The average Bonchev–Trinajstić information content (AvgIpc) is 2.26. The number of benzene rings is 1. The predicted octanol–water partition coefficient (Wildman–Crippen LogP) is 1.30. The minimum absolute atomic E-state index is 0.299. The van der Waals surface area contributed by atoms with Gasteiger partial charge in [-0.3, -0.25) is 0 Å². The van der Waals surface area contributed by atoms with E-state index < -0.39 is 12.6 Å². The van der Waals surface area contributed by atoms with Gasteiger partial charge in [0, 0.05) is 0 Å². The fraction of sp³-hybridized carbons (Fsp3) is 0.273. The third-order valence-electron chi connectivity index (χ3n) is 1.95. The molecule has 1 heterocycles. The van der Waals surface area contributed by atoms with Crippen LogP contribution in [0.3, 0.4) is 0 Å². The molecule has 1 aromatic rings. The van der Waals surface area contributed by atoms with Crippen LogP contribution >= 0.6 is 0 Å². The van der Waals surface area contributed by atoms with E-state index in [4.69, 9.17) is 14.2 Å². The topological polar surface area (TPSA) is 47.9 Å². The highest BCUT2D eigenvalue weighted by molar-refractivity contribution is 5.40. The highest BCUT2D eigenvalue weighted by Gasteiger charge is 2.30. The molecule has 0 saturated carbocycles. The average molecular weight is 208 g/mol. The van der Waals surface area contributed by atoms with Crippen molar-refractivity contribution >= 4 is 0 Å². The first-order valence-electron chi connectivity index (χ1n) is 4.64. The molecule has 1 aromatic carbocycles. The number of aliphatic hydroxyl groups excluding tert-OH is 1. The van der Waals surface area contributed by atoms with Crippen molar-refractivity contribution in [3.63, 3.8) is 0 Å². The second-order valence-electron chi connectivity index (χ2n) is 3.06. The number of rotatable bonds is 3. The fourth-order valence-electron chi connectivity index (χ4n) is 1.29. The second kappa shape index (κ2) is 4.33. The van der Waals surface area contributed by atoms with Gasteiger partial charge in [0.25, 0.3) is 12.6 Å². The molecule has 2 unspecified atom stereocenters. The van der Waals surface area contributed by atoms with Gasteiger partial charge in [-0.2, -0.15) is 0 Å². The Morgan fingerprint density at radius 2 is 2.00 bits per heavy atom. The van der Waals surface area contributed by atoms with Crippen LogP contribution in [0.1, 0.15) is 0 Å². The maximum atomic E-state index is 9.54. The highest BCUT2D eigenvalue weighted by Crippen LogP contribution is 2.32. The molecular weight excluding hydrogens is 196 g/mol. The smallest absolute Gasteiger partial charge is 0.263 e. The molecule has 80 valence electrons. The predicted molar refractivity (Wildman–Crippen MR) is 53.6 cm³/mol. The van der Waals surface area contributed by atoms with E-state index in [2.05, 4.69) is 6.58 Å². The summed E-state index contributed by atoms with van der Waals surface area (Å²) in [4.78, 5) is 0. The fourth-order valence-corrected chi connectivity index (χ4v) is 1.29. The minimum atomic E-state index is -1.11. The number of hydrogen-bond acceptors (Lipinski definition) is 4. The molecule has 0 radical (unpaired) electrons. The van der Waals surface area contributed by atoms with Gasteiger partial charge in [0.15, 0.2) is 11.5 Å². The highest BCUT2D eigenvalue weighted by atomic mass is 16.8. The number of hydrogen-bond donors (Lipinski definition) is 1. The third-order valence-corrected chi connectivity index (χ3v) is 1.95.